The van der Waals surface area contributed by atoms with Gasteiger partial charge in [0, 0.05) is 57.6 Å². The highest BCUT2D eigenvalue weighted by molar-refractivity contribution is 5.80. The van der Waals surface area contributed by atoms with Crippen molar-refractivity contribution in [2.45, 2.75) is 25.9 Å². The van der Waals surface area contributed by atoms with E-state index < -0.39 is 0 Å². The minimum atomic E-state index is 0.597. The maximum Gasteiger partial charge on any atom is 0.218 e. The number of likely N-dealkylation sites (tertiary alicyclic amines) is 1. The van der Waals surface area contributed by atoms with Gasteiger partial charge in [0.2, 0.25) is 5.88 Å². The van der Waals surface area contributed by atoms with Gasteiger partial charge in [0.05, 0.1) is 19.8 Å². The Bertz CT molecular complexity index is 574. The van der Waals surface area contributed by atoms with Gasteiger partial charge in [-0.3, -0.25) is 9.89 Å². The van der Waals surface area contributed by atoms with E-state index >= 15 is 0 Å². The van der Waals surface area contributed by atoms with Gasteiger partial charge in [-0.1, -0.05) is 6.07 Å². The van der Waals surface area contributed by atoms with E-state index in [0.717, 1.165) is 50.9 Å². The van der Waals surface area contributed by atoms with E-state index in [-0.39, 0.29) is 0 Å². The van der Waals surface area contributed by atoms with Gasteiger partial charge in [0.1, 0.15) is 0 Å². The summed E-state index contributed by atoms with van der Waals surface area (Å²) in [6.07, 6.45) is 2.94. The van der Waals surface area contributed by atoms with Crippen LogP contribution in [0, 0.1) is 0 Å². The van der Waals surface area contributed by atoms with Crippen LogP contribution in [0.25, 0.3) is 0 Å². The number of morpholine rings is 1. The third kappa shape index (κ3) is 4.61. The molecule has 7 nitrogen and oxygen atoms in total. The van der Waals surface area contributed by atoms with Gasteiger partial charge in [-0.15, -0.1) is 0 Å². The molecule has 1 aromatic rings. The Morgan fingerprint density at radius 2 is 2.24 bits per heavy atom. The Labute approximate surface area is 150 Å². The van der Waals surface area contributed by atoms with Crippen molar-refractivity contribution in [1.82, 2.24) is 20.1 Å². The zero-order valence-electron chi connectivity index (χ0n) is 15.3. The van der Waals surface area contributed by atoms with Crippen LogP contribution in [-0.2, 0) is 11.3 Å². The molecule has 2 aliphatic rings. The molecule has 138 valence electrons. The molecule has 1 atom stereocenters. The van der Waals surface area contributed by atoms with Gasteiger partial charge in [-0.2, -0.15) is 0 Å². The monoisotopic (exact) mass is 347 g/mol. The molecule has 2 aliphatic heterocycles. The van der Waals surface area contributed by atoms with E-state index in [0.29, 0.717) is 25.1 Å². The number of aliphatic imine (C=N–C) groups is 1. The molecule has 0 spiro atoms. The third-order valence-corrected chi connectivity index (χ3v) is 4.80. The number of rotatable bonds is 5. The Hall–Kier alpha value is -1.86. The third-order valence-electron chi connectivity index (χ3n) is 4.80. The highest BCUT2D eigenvalue weighted by Gasteiger charge is 2.30. The minimum absolute atomic E-state index is 0.597. The first kappa shape index (κ1) is 17.9. The van der Waals surface area contributed by atoms with Gasteiger partial charge in [0.15, 0.2) is 5.96 Å². The molecule has 0 bridgehead atoms. The van der Waals surface area contributed by atoms with Crippen molar-refractivity contribution in [2.75, 3.05) is 53.0 Å². The molecule has 3 heterocycles. The highest BCUT2D eigenvalue weighted by Crippen LogP contribution is 2.18. The molecular weight excluding hydrogens is 318 g/mol. The van der Waals surface area contributed by atoms with Crippen LogP contribution < -0.4 is 10.1 Å². The van der Waals surface area contributed by atoms with Crippen LogP contribution in [0.2, 0.25) is 0 Å². The number of ether oxygens (including phenoxy) is 2. The summed E-state index contributed by atoms with van der Waals surface area (Å²) >= 11 is 0. The van der Waals surface area contributed by atoms with Crippen molar-refractivity contribution in [3.63, 3.8) is 0 Å². The first-order chi connectivity index (χ1) is 12.3. The maximum absolute atomic E-state index is 5.60. The maximum atomic E-state index is 5.60. The molecule has 0 radical (unpaired) electrons. The molecule has 1 aromatic heterocycles. The lowest BCUT2D eigenvalue weighted by Gasteiger charge is -2.32. The smallest absolute Gasteiger partial charge is 0.218 e. The molecule has 2 fully saturated rings. The van der Waals surface area contributed by atoms with Gasteiger partial charge in [0.25, 0.3) is 0 Å². The van der Waals surface area contributed by atoms with Crippen molar-refractivity contribution in [3.05, 3.63) is 23.9 Å². The zero-order valence-corrected chi connectivity index (χ0v) is 15.3. The predicted molar refractivity (Wildman–Crippen MR) is 98.0 cm³/mol. The lowest BCUT2D eigenvalue weighted by atomic mass is 10.2. The molecule has 3 rings (SSSR count). The molecular formula is C18H29N5O2. The zero-order chi connectivity index (χ0) is 17.5. The van der Waals surface area contributed by atoms with Crippen LogP contribution in [0.15, 0.2) is 23.3 Å². The summed E-state index contributed by atoms with van der Waals surface area (Å²) in [5.74, 6) is 1.64. The summed E-state index contributed by atoms with van der Waals surface area (Å²) in [6.45, 7) is 9.09. The average Bonchev–Trinajstić information content (AvgIpc) is 3.14. The topological polar surface area (TPSA) is 62.2 Å². The number of hydrogen-bond donors (Lipinski definition) is 1. The molecule has 0 amide bonds. The van der Waals surface area contributed by atoms with E-state index in [4.69, 9.17) is 9.47 Å². The molecule has 25 heavy (non-hydrogen) atoms. The number of aromatic nitrogens is 1. The summed E-state index contributed by atoms with van der Waals surface area (Å²) in [7, 11) is 1.84. The fourth-order valence-electron chi connectivity index (χ4n) is 3.51. The Kier molecular flexibility index (Phi) is 6.47. The standard InChI is InChI=1S/C18H29N5O2/c1-3-25-17-15(5-4-7-20-17)13-21-18(19-2)23-8-6-16(14-23)22-9-11-24-12-10-22/h4-5,7,16H,3,6,8-14H2,1-2H3,(H,19,21). The SMILES string of the molecule is CCOc1ncccc1CNC(=NC)N1CCC(N2CCOCC2)C1. The molecule has 0 saturated carbocycles. The predicted octanol–water partition coefficient (Wildman–Crippen LogP) is 0.962. The summed E-state index contributed by atoms with van der Waals surface area (Å²) in [4.78, 5) is 13.7. The first-order valence-corrected chi connectivity index (χ1v) is 9.16. The van der Waals surface area contributed by atoms with Crippen LogP contribution in [0.1, 0.15) is 18.9 Å². The van der Waals surface area contributed by atoms with Crippen LogP contribution in [0.3, 0.4) is 0 Å². The molecule has 2 saturated heterocycles. The van der Waals surface area contributed by atoms with Crippen molar-refractivity contribution in [2.24, 2.45) is 4.99 Å². The lowest BCUT2D eigenvalue weighted by molar-refractivity contribution is 0.0195. The van der Waals surface area contributed by atoms with E-state index in [1.54, 1.807) is 6.20 Å². The van der Waals surface area contributed by atoms with Gasteiger partial charge >= 0.3 is 0 Å². The lowest BCUT2D eigenvalue weighted by Crippen LogP contribution is -2.46. The normalized spacial score (nSPS) is 22.2. The second-order valence-electron chi connectivity index (χ2n) is 6.34. The van der Waals surface area contributed by atoms with Crippen LogP contribution in [-0.4, -0.2) is 79.8 Å². The molecule has 1 unspecified atom stereocenters. The average molecular weight is 347 g/mol. The number of pyridine rings is 1. The minimum Gasteiger partial charge on any atom is -0.478 e. The van der Waals surface area contributed by atoms with Crippen LogP contribution in [0.5, 0.6) is 5.88 Å². The largest absolute Gasteiger partial charge is 0.478 e. The number of nitrogens with one attached hydrogen (secondary N) is 1. The van der Waals surface area contributed by atoms with Gasteiger partial charge in [-0.05, 0) is 19.4 Å². The molecule has 7 heteroatoms. The van der Waals surface area contributed by atoms with Gasteiger partial charge in [-0.25, -0.2) is 4.98 Å². The molecule has 1 N–H and O–H groups in total. The summed E-state index contributed by atoms with van der Waals surface area (Å²) < 4.78 is 11.1. The fourth-order valence-corrected chi connectivity index (χ4v) is 3.51. The molecule has 0 aliphatic carbocycles. The van der Waals surface area contributed by atoms with E-state index in [9.17, 15) is 0 Å². The number of guanidine groups is 1. The number of hydrogen-bond acceptors (Lipinski definition) is 5. The van der Waals surface area contributed by atoms with Crippen LogP contribution in [0.4, 0.5) is 0 Å². The first-order valence-electron chi connectivity index (χ1n) is 9.16. The van der Waals surface area contributed by atoms with Crippen molar-refractivity contribution >= 4 is 5.96 Å². The quantitative estimate of drug-likeness (QED) is 0.632. The van der Waals surface area contributed by atoms with Crippen molar-refractivity contribution in [3.8, 4) is 5.88 Å². The van der Waals surface area contributed by atoms with Crippen molar-refractivity contribution < 1.29 is 9.47 Å². The van der Waals surface area contributed by atoms with E-state index in [1.807, 2.05) is 26.1 Å². The van der Waals surface area contributed by atoms with Crippen molar-refractivity contribution in [1.29, 1.82) is 0 Å². The van der Waals surface area contributed by atoms with Crippen LogP contribution >= 0.6 is 0 Å². The van der Waals surface area contributed by atoms with E-state index in [1.165, 1.54) is 6.42 Å². The Morgan fingerprint density at radius 3 is 3.00 bits per heavy atom. The fraction of sp³-hybridized carbons (Fsp3) is 0.667. The number of nitrogens with zero attached hydrogens (tertiary/aromatic N) is 4. The van der Waals surface area contributed by atoms with Gasteiger partial charge < -0.3 is 19.7 Å². The summed E-state index contributed by atoms with van der Waals surface area (Å²) in [6, 6.07) is 4.57. The second-order valence-corrected chi connectivity index (χ2v) is 6.34. The summed E-state index contributed by atoms with van der Waals surface area (Å²) in [5, 5.41) is 3.46. The molecule has 0 aromatic carbocycles. The Balaban J connectivity index is 1.55. The Morgan fingerprint density at radius 1 is 1.40 bits per heavy atom. The summed E-state index contributed by atoms with van der Waals surface area (Å²) in [5.41, 5.74) is 1.05. The highest BCUT2D eigenvalue weighted by atomic mass is 16.5. The van der Waals surface area contributed by atoms with E-state index in [2.05, 4.69) is 25.1 Å². The second kappa shape index (κ2) is 9.01.